The Kier molecular flexibility index (Phi) is 5.34. The monoisotopic (exact) mass is 360 g/mol. The summed E-state index contributed by atoms with van der Waals surface area (Å²) in [5.74, 6) is 5.44. The predicted octanol–water partition coefficient (Wildman–Crippen LogP) is 2.32. The number of amides is 1. The SMILES string of the molecule is CC(C)(O)C#Cc1cccc(C(=O)NCc2ccc(-n3cncn3)cc2)c1. The number of hydrogen-bond acceptors (Lipinski definition) is 4. The fraction of sp³-hybridized carbons (Fsp3) is 0.190. The van der Waals surface area contributed by atoms with Crippen LogP contribution in [0.3, 0.4) is 0 Å². The van der Waals surface area contributed by atoms with Gasteiger partial charge in [-0.1, -0.05) is 30.0 Å². The Hall–Kier alpha value is -3.43. The van der Waals surface area contributed by atoms with E-state index in [1.807, 2.05) is 24.3 Å². The van der Waals surface area contributed by atoms with Crippen molar-refractivity contribution in [2.45, 2.75) is 26.0 Å². The van der Waals surface area contributed by atoms with E-state index in [0.717, 1.165) is 11.3 Å². The van der Waals surface area contributed by atoms with Crippen molar-refractivity contribution < 1.29 is 9.90 Å². The molecule has 136 valence electrons. The van der Waals surface area contributed by atoms with Crippen LogP contribution in [0.2, 0.25) is 0 Å². The molecular formula is C21H20N4O2. The Labute approximate surface area is 157 Å². The molecule has 0 aliphatic rings. The number of aliphatic hydroxyl groups is 1. The highest BCUT2D eigenvalue weighted by molar-refractivity contribution is 5.94. The molecule has 0 radical (unpaired) electrons. The van der Waals surface area contributed by atoms with Gasteiger partial charge in [-0.15, -0.1) is 0 Å². The summed E-state index contributed by atoms with van der Waals surface area (Å²) in [5, 5.41) is 16.7. The maximum absolute atomic E-state index is 12.4. The molecule has 3 aromatic rings. The zero-order valence-electron chi connectivity index (χ0n) is 15.2. The minimum Gasteiger partial charge on any atom is -0.378 e. The standard InChI is InChI=1S/C21H20N4O2/c1-21(2,27)11-10-16-4-3-5-18(12-16)20(26)23-13-17-6-8-19(9-7-17)25-15-22-14-24-25/h3-9,12,14-15,27H,13H2,1-2H3,(H,23,26). The molecule has 0 atom stereocenters. The number of benzene rings is 2. The van der Waals surface area contributed by atoms with Gasteiger partial charge >= 0.3 is 0 Å². The van der Waals surface area contributed by atoms with E-state index < -0.39 is 5.60 Å². The molecule has 6 nitrogen and oxygen atoms in total. The zero-order chi connectivity index (χ0) is 19.3. The maximum Gasteiger partial charge on any atom is 0.251 e. The summed E-state index contributed by atoms with van der Waals surface area (Å²) in [6, 6.07) is 14.7. The van der Waals surface area contributed by atoms with Crippen LogP contribution in [0, 0.1) is 11.8 Å². The van der Waals surface area contributed by atoms with E-state index in [1.165, 1.54) is 6.33 Å². The average Bonchev–Trinajstić information content (AvgIpc) is 3.19. The molecule has 1 heterocycles. The van der Waals surface area contributed by atoms with Crippen LogP contribution in [0.4, 0.5) is 0 Å². The summed E-state index contributed by atoms with van der Waals surface area (Å²) in [6.07, 6.45) is 3.11. The van der Waals surface area contributed by atoms with Crippen LogP contribution >= 0.6 is 0 Å². The van der Waals surface area contributed by atoms with E-state index in [9.17, 15) is 9.90 Å². The van der Waals surface area contributed by atoms with E-state index in [0.29, 0.717) is 17.7 Å². The Morgan fingerprint density at radius 1 is 1.22 bits per heavy atom. The fourth-order valence-corrected chi connectivity index (χ4v) is 2.36. The smallest absolute Gasteiger partial charge is 0.251 e. The van der Waals surface area contributed by atoms with Gasteiger partial charge in [-0.25, -0.2) is 9.67 Å². The summed E-state index contributed by atoms with van der Waals surface area (Å²) in [6.45, 7) is 3.64. The van der Waals surface area contributed by atoms with Crippen LogP contribution in [0.5, 0.6) is 0 Å². The first-order valence-corrected chi connectivity index (χ1v) is 8.48. The third-order valence-electron chi connectivity index (χ3n) is 3.71. The van der Waals surface area contributed by atoms with Gasteiger partial charge in [-0.3, -0.25) is 4.79 Å². The maximum atomic E-state index is 12.4. The first-order valence-electron chi connectivity index (χ1n) is 8.48. The summed E-state index contributed by atoms with van der Waals surface area (Å²) in [5.41, 5.74) is 2.01. The summed E-state index contributed by atoms with van der Waals surface area (Å²) in [4.78, 5) is 16.3. The molecule has 27 heavy (non-hydrogen) atoms. The van der Waals surface area contributed by atoms with Crippen LogP contribution in [0.15, 0.2) is 61.2 Å². The van der Waals surface area contributed by atoms with Crippen molar-refractivity contribution in [3.05, 3.63) is 77.9 Å². The second-order valence-corrected chi connectivity index (χ2v) is 6.58. The van der Waals surface area contributed by atoms with Gasteiger partial charge in [0.05, 0.1) is 5.69 Å². The number of hydrogen-bond donors (Lipinski definition) is 2. The van der Waals surface area contributed by atoms with Gasteiger partial charge in [0, 0.05) is 17.7 Å². The van der Waals surface area contributed by atoms with Crippen LogP contribution in [0.25, 0.3) is 5.69 Å². The average molecular weight is 360 g/mol. The number of nitrogens with zero attached hydrogens (tertiary/aromatic N) is 3. The van der Waals surface area contributed by atoms with Crippen molar-refractivity contribution in [1.29, 1.82) is 0 Å². The predicted molar refractivity (Wildman–Crippen MR) is 102 cm³/mol. The second kappa shape index (κ2) is 7.85. The minimum atomic E-state index is -1.07. The molecule has 0 spiro atoms. The van der Waals surface area contributed by atoms with Crippen LogP contribution in [0.1, 0.15) is 35.3 Å². The molecule has 0 unspecified atom stereocenters. The highest BCUT2D eigenvalue weighted by atomic mass is 16.3. The normalized spacial score (nSPS) is 10.8. The van der Waals surface area contributed by atoms with Gasteiger partial charge < -0.3 is 10.4 Å². The quantitative estimate of drug-likeness (QED) is 0.700. The number of aromatic nitrogens is 3. The third kappa shape index (κ3) is 5.27. The largest absolute Gasteiger partial charge is 0.378 e. The van der Waals surface area contributed by atoms with Gasteiger partial charge in [0.1, 0.15) is 18.3 Å². The lowest BCUT2D eigenvalue weighted by Gasteiger charge is -2.08. The van der Waals surface area contributed by atoms with E-state index >= 15 is 0 Å². The van der Waals surface area contributed by atoms with Crippen LogP contribution < -0.4 is 5.32 Å². The number of carbonyl (C=O) groups is 1. The zero-order valence-corrected chi connectivity index (χ0v) is 15.2. The molecule has 1 aromatic heterocycles. The molecule has 1 amide bonds. The number of nitrogens with one attached hydrogen (secondary N) is 1. The van der Waals surface area contributed by atoms with Gasteiger partial charge in [0.25, 0.3) is 5.91 Å². The highest BCUT2D eigenvalue weighted by Gasteiger charge is 2.08. The second-order valence-electron chi connectivity index (χ2n) is 6.58. The van der Waals surface area contributed by atoms with Gasteiger partial charge in [0.15, 0.2) is 0 Å². The Morgan fingerprint density at radius 2 is 2.00 bits per heavy atom. The Bertz CT molecular complexity index is 976. The van der Waals surface area contributed by atoms with Crippen molar-refractivity contribution in [3.8, 4) is 17.5 Å². The molecule has 3 rings (SSSR count). The molecule has 6 heteroatoms. The molecule has 0 aliphatic carbocycles. The van der Waals surface area contributed by atoms with E-state index in [2.05, 4.69) is 27.2 Å². The summed E-state index contributed by atoms with van der Waals surface area (Å²) >= 11 is 0. The van der Waals surface area contributed by atoms with Gasteiger partial charge in [0.2, 0.25) is 0 Å². The van der Waals surface area contributed by atoms with Crippen molar-refractivity contribution in [2.75, 3.05) is 0 Å². The molecule has 0 saturated heterocycles. The van der Waals surface area contributed by atoms with Crippen molar-refractivity contribution in [3.63, 3.8) is 0 Å². The topological polar surface area (TPSA) is 80.0 Å². The van der Waals surface area contributed by atoms with Crippen molar-refractivity contribution in [2.24, 2.45) is 0 Å². The minimum absolute atomic E-state index is 0.178. The molecule has 0 bridgehead atoms. The van der Waals surface area contributed by atoms with Crippen molar-refractivity contribution >= 4 is 5.91 Å². The number of carbonyl (C=O) groups excluding carboxylic acids is 1. The third-order valence-corrected chi connectivity index (χ3v) is 3.71. The Morgan fingerprint density at radius 3 is 2.67 bits per heavy atom. The molecule has 0 aliphatic heterocycles. The first kappa shape index (κ1) is 18.4. The van der Waals surface area contributed by atoms with E-state index in [1.54, 1.807) is 49.1 Å². The molecule has 0 saturated carbocycles. The lowest BCUT2D eigenvalue weighted by Crippen LogP contribution is -2.22. The molecule has 2 aromatic carbocycles. The van der Waals surface area contributed by atoms with E-state index in [-0.39, 0.29) is 5.91 Å². The Balaban J connectivity index is 1.63. The van der Waals surface area contributed by atoms with Gasteiger partial charge in [-0.05, 0) is 49.7 Å². The number of rotatable bonds is 4. The first-order chi connectivity index (χ1) is 12.9. The van der Waals surface area contributed by atoms with Crippen LogP contribution in [-0.4, -0.2) is 31.4 Å². The van der Waals surface area contributed by atoms with E-state index in [4.69, 9.17) is 0 Å². The molecular weight excluding hydrogens is 340 g/mol. The van der Waals surface area contributed by atoms with Gasteiger partial charge in [-0.2, -0.15) is 5.10 Å². The lowest BCUT2D eigenvalue weighted by atomic mass is 10.1. The summed E-state index contributed by atoms with van der Waals surface area (Å²) < 4.78 is 1.67. The molecule has 0 fully saturated rings. The fourth-order valence-electron chi connectivity index (χ4n) is 2.36. The van der Waals surface area contributed by atoms with Crippen molar-refractivity contribution in [1.82, 2.24) is 20.1 Å². The van der Waals surface area contributed by atoms with Crippen LogP contribution in [-0.2, 0) is 6.54 Å². The lowest BCUT2D eigenvalue weighted by molar-refractivity contribution is 0.0951. The summed E-state index contributed by atoms with van der Waals surface area (Å²) in [7, 11) is 0. The highest BCUT2D eigenvalue weighted by Crippen LogP contribution is 2.09. The molecule has 2 N–H and O–H groups in total.